The maximum atomic E-state index is 14.6. The number of hydrogen-bond acceptors (Lipinski definition) is 19. The van der Waals surface area contributed by atoms with Crippen molar-refractivity contribution in [1.29, 1.82) is 0 Å². The third kappa shape index (κ3) is 15.6. The van der Waals surface area contributed by atoms with Crippen molar-refractivity contribution >= 4 is 34.6 Å². The molecule has 3 saturated heterocycles. The zero-order valence-corrected chi connectivity index (χ0v) is 49.4. The lowest BCUT2D eigenvalue weighted by atomic mass is 9.74. The molecule has 5 rings (SSSR count). The van der Waals surface area contributed by atoms with Gasteiger partial charge < -0.3 is 77.8 Å². The summed E-state index contributed by atoms with van der Waals surface area (Å²) in [5, 5.41) is 48.4. The fraction of sp³-hybridized carbons (Fsp3) is 0.776. The van der Waals surface area contributed by atoms with Gasteiger partial charge in [-0.05, 0) is 112 Å². The molecule has 3 fully saturated rings. The number of ether oxygens (including phenoxy) is 9. The van der Waals surface area contributed by atoms with Gasteiger partial charge in [-0.1, -0.05) is 33.8 Å². The first-order valence-electron chi connectivity index (χ1n) is 28.2. The summed E-state index contributed by atoms with van der Waals surface area (Å²) in [6.45, 7) is 21.0. The van der Waals surface area contributed by atoms with E-state index in [9.17, 15) is 44.4 Å². The number of aliphatic hydroxyl groups excluding tert-OH is 2. The molecular weight excluding hydrogens is 1030 g/mol. The number of aliphatic hydroxyl groups is 3. The Morgan fingerprint density at radius 1 is 0.886 bits per heavy atom. The number of carbonyl (C=O) groups is 4. The first kappa shape index (κ1) is 65.8. The Kier molecular flexibility index (Phi) is 23.6. The number of nitrogens with one attached hydrogen (secondary N) is 1. The summed E-state index contributed by atoms with van der Waals surface area (Å²) >= 11 is 0. The molecule has 0 bridgehead atoms. The zero-order valence-electron chi connectivity index (χ0n) is 49.4. The molecular formula is C58H93N3O18. The lowest BCUT2D eigenvalue weighted by Crippen LogP contribution is -2.61. The fourth-order valence-corrected chi connectivity index (χ4v) is 11.9. The second-order valence-corrected chi connectivity index (χ2v) is 23.1. The number of likely N-dealkylation sites (N-methyl/N-ethyl adjacent to an activating group) is 1. The second-order valence-electron chi connectivity index (χ2n) is 23.1. The summed E-state index contributed by atoms with van der Waals surface area (Å²) in [4.78, 5) is 68.7. The Morgan fingerprint density at radius 3 is 2.18 bits per heavy atom. The van der Waals surface area contributed by atoms with Crippen LogP contribution in [0, 0.1) is 23.7 Å². The average Bonchev–Trinajstić information content (AvgIpc) is 3.46. The minimum atomic E-state index is -2.03. The minimum absolute atomic E-state index is 0.0341. The molecule has 0 radical (unpaired) electrons. The highest BCUT2D eigenvalue weighted by Gasteiger charge is 2.55. The van der Waals surface area contributed by atoms with E-state index in [-0.39, 0.29) is 49.2 Å². The SMILES string of the molecule is CC[C@H]1OC(=O)[C@H](C)[C@@H](OC2C[C@@](C)(OC)[C@@H](OC(=O)CCNCCOCCCc3ccc4c(c3)c(=O)c(C(=O)O)cn4CC)[C@H](C)O2)[C@H](C)[C@@H](OC2O[C@H](C)C[C@H](N(C)C)[C@H]2O)[C@](C)(OC)C[C@@H](C)C(=O)[C@H](C)[C@@H](O)[C@]1(C)O. The fourth-order valence-electron chi connectivity index (χ4n) is 11.9. The molecule has 79 heavy (non-hydrogen) atoms. The number of aromatic nitrogens is 1. The predicted molar refractivity (Wildman–Crippen MR) is 292 cm³/mol. The number of carboxylic acids is 1. The predicted octanol–water partition coefficient (Wildman–Crippen LogP) is 4.65. The van der Waals surface area contributed by atoms with E-state index in [0.29, 0.717) is 63.0 Å². The summed E-state index contributed by atoms with van der Waals surface area (Å²) in [5.74, 6) is -6.57. The number of rotatable bonds is 21. The van der Waals surface area contributed by atoms with E-state index in [1.54, 1.807) is 52.2 Å². The zero-order chi connectivity index (χ0) is 58.9. The van der Waals surface area contributed by atoms with E-state index < -0.39 is 119 Å². The number of hydrogen-bond donors (Lipinski definition) is 5. The van der Waals surface area contributed by atoms with Crippen molar-refractivity contribution in [2.75, 3.05) is 54.6 Å². The molecule has 2 unspecified atom stereocenters. The van der Waals surface area contributed by atoms with Crippen LogP contribution in [0.3, 0.4) is 0 Å². The van der Waals surface area contributed by atoms with Crippen LogP contribution in [0.2, 0.25) is 0 Å². The number of Topliss-reactive ketones (excluding diaryl/α,β-unsaturated/α-hetero) is 1. The number of aromatic carboxylic acids is 1. The van der Waals surface area contributed by atoms with Gasteiger partial charge >= 0.3 is 17.9 Å². The average molecular weight is 1120 g/mol. The quantitative estimate of drug-likeness (QED) is 0.0841. The van der Waals surface area contributed by atoms with Crippen molar-refractivity contribution in [1.82, 2.24) is 14.8 Å². The largest absolute Gasteiger partial charge is 0.477 e. The van der Waals surface area contributed by atoms with E-state index in [1.165, 1.54) is 34.3 Å². The monoisotopic (exact) mass is 1120 g/mol. The van der Waals surface area contributed by atoms with Gasteiger partial charge in [-0.15, -0.1) is 0 Å². The van der Waals surface area contributed by atoms with Gasteiger partial charge in [0.15, 0.2) is 18.7 Å². The van der Waals surface area contributed by atoms with Crippen molar-refractivity contribution in [3.63, 3.8) is 0 Å². The van der Waals surface area contributed by atoms with Crippen molar-refractivity contribution in [2.24, 2.45) is 23.7 Å². The van der Waals surface area contributed by atoms with Crippen LogP contribution in [0.4, 0.5) is 0 Å². The Bertz CT molecular complexity index is 2420. The summed E-state index contributed by atoms with van der Waals surface area (Å²) in [5.41, 5.74) is -3.69. The highest BCUT2D eigenvalue weighted by molar-refractivity contribution is 5.92. The van der Waals surface area contributed by atoms with Gasteiger partial charge in [-0.2, -0.15) is 0 Å². The number of carbonyl (C=O) groups excluding carboxylic acids is 3. The van der Waals surface area contributed by atoms with Crippen LogP contribution >= 0.6 is 0 Å². The third-order valence-corrected chi connectivity index (χ3v) is 16.9. The molecule has 0 amide bonds. The lowest BCUT2D eigenvalue weighted by Gasteiger charge is -2.50. The number of nitrogens with zero attached hydrogens (tertiary/aromatic N) is 2. The Morgan fingerprint density at radius 2 is 1.56 bits per heavy atom. The lowest BCUT2D eigenvalue weighted by molar-refractivity contribution is -0.320. The van der Waals surface area contributed by atoms with Crippen LogP contribution in [-0.4, -0.2) is 192 Å². The van der Waals surface area contributed by atoms with Crippen LogP contribution in [0.1, 0.15) is 131 Å². The molecule has 3 aliphatic heterocycles. The van der Waals surface area contributed by atoms with Crippen molar-refractivity contribution in [2.45, 2.75) is 212 Å². The van der Waals surface area contributed by atoms with Crippen molar-refractivity contribution in [3.8, 4) is 0 Å². The highest BCUT2D eigenvalue weighted by Crippen LogP contribution is 2.42. The van der Waals surface area contributed by atoms with E-state index in [1.807, 2.05) is 51.9 Å². The first-order valence-corrected chi connectivity index (χ1v) is 28.2. The summed E-state index contributed by atoms with van der Waals surface area (Å²) in [6, 6.07) is 5.19. The van der Waals surface area contributed by atoms with Crippen LogP contribution in [0.25, 0.3) is 10.9 Å². The van der Waals surface area contributed by atoms with Crippen molar-refractivity contribution in [3.05, 3.63) is 45.7 Å². The van der Waals surface area contributed by atoms with Gasteiger partial charge in [-0.25, -0.2) is 4.79 Å². The summed E-state index contributed by atoms with van der Waals surface area (Å²) in [7, 11) is 6.73. The van der Waals surface area contributed by atoms with Gasteiger partial charge in [0.2, 0.25) is 5.43 Å². The molecule has 0 aliphatic carbocycles. The van der Waals surface area contributed by atoms with E-state index >= 15 is 0 Å². The molecule has 0 spiro atoms. The number of ketones is 1. The standard InChI is InChI=1S/C58H93N3O18/c1-16-43-58(11,70)50(66)34(5)46(63)32(3)29-56(9,71-14)51(79-55-48(65)42(60(12)13)27-33(4)74-55)35(6)49(36(7)54(69)76-43)78-45-30-57(10,72-15)52(37(8)75-45)77-44(62)22-23-59-24-26-73-25-18-19-38-20-21-41-39(28-38)47(64)40(53(67)68)31-61(41)17-2/h20-21,28,31-37,42-43,45,48-52,55,59,65-66,70H,16-19,22-27,29-30H2,1-15H3,(H,67,68)/t32-,33-,34+,35+,36-,37+,42+,43-,45?,48-,49+,50-,51-,52+,55?,56-,57-,58-/m1/s1. The number of pyridine rings is 1. The Hall–Kier alpha value is -3.97. The smallest absolute Gasteiger partial charge is 0.341 e. The first-order chi connectivity index (χ1) is 37.1. The Labute approximate surface area is 466 Å². The topological polar surface area (TPSA) is 270 Å². The molecule has 448 valence electrons. The third-order valence-electron chi connectivity index (χ3n) is 16.9. The van der Waals surface area contributed by atoms with Crippen LogP contribution in [0.5, 0.6) is 0 Å². The van der Waals surface area contributed by atoms with Gasteiger partial charge in [0.05, 0.1) is 60.6 Å². The molecule has 3 aliphatic rings. The molecule has 4 heterocycles. The maximum Gasteiger partial charge on any atom is 0.341 e. The molecule has 5 N–H and O–H groups in total. The molecule has 21 heteroatoms. The molecule has 18 atom stereocenters. The van der Waals surface area contributed by atoms with Crippen molar-refractivity contribution < 1.29 is 82.2 Å². The molecule has 1 aromatic heterocycles. The number of aryl methyl sites for hydroxylation is 2. The Balaban J connectivity index is 1.27. The number of benzene rings is 1. The van der Waals surface area contributed by atoms with Crippen LogP contribution < -0.4 is 10.7 Å². The normalized spacial score (nSPS) is 36.2. The highest BCUT2D eigenvalue weighted by atomic mass is 16.7. The summed E-state index contributed by atoms with van der Waals surface area (Å²) < 4.78 is 58.8. The number of esters is 2. The molecule has 2 aromatic rings. The summed E-state index contributed by atoms with van der Waals surface area (Å²) in [6.07, 6.45) is -6.84. The second kappa shape index (κ2) is 28.3. The minimum Gasteiger partial charge on any atom is -0.477 e. The number of fused-ring (bicyclic) bond motifs is 1. The molecule has 21 nitrogen and oxygen atoms in total. The number of methoxy groups -OCH3 is 2. The van der Waals surface area contributed by atoms with Crippen LogP contribution in [-0.2, 0) is 70.0 Å². The van der Waals surface area contributed by atoms with Gasteiger partial charge in [0, 0.05) is 82.3 Å². The van der Waals surface area contributed by atoms with E-state index in [0.717, 1.165) is 5.56 Å². The number of cyclic esters (lactones) is 1. The molecule has 1 aromatic carbocycles. The maximum absolute atomic E-state index is 14.6. The van der Waals surface area contributed by atoms with Crippen LogP contribution in [0.15, 0.2) is 29.2 Å². The van der Waals surface area contributed by atoms with Gasteiger partial charge in [0.25, 0.3) is 0 Å². The van der Waals surface area contributed by atoms with E-state index in [4.69, 9.17) is 42.6 Å². The van der Waals surface area contributed by atoms with Gasteiger partial charge in [-0.3, -0.25) is 19.2 Å². The van der Waals surface area contributed by atoms with Gasteiger partial charge in [0.1, 0.15) is 34.8 Å². The molecule has 0 saturated carbocycles. The number of carboxylic acid groups (broad SMARTS) is 1. The van der Waals surface area contributed by atoms with E-state index in [2.05, 4.69) is 5.32 Å².